The van der Waals surface area contributed by atoms with Gasteiger partial charge in [-0.3, -0.25) is 9.69 Å². The molecule has 2 aliphatic heterocycles. The minimum absolute atomic E-state index is 0.437. The van der Waals surface area contributed by atoms with Crippen LogP contribution in [-0.2, 0) is 11.2 Å². The zero-order valence-electron chi connectivity index (χ0n) is 37.2. The highest BCUT2D eigenvalue weighted by Gasteiger charge is 2.38. The van der Waals surface area contributed by atoms with Crippen LogP contribution in [0.25, 0.3) is 0 Å². The molecule has 4 nitrogen and oxygen atoms in total. The fourth-order valence-corrected chi connectivity index (χ4v) is 1.98. The van der Waals surface area contributed by atoms with Gasteiger partial charge in [-0.2, -0.15) is 0 Å². The topological polar surface area (TPSA) is 38.8 Å². The van der Waals surface area contributed by atoms with Gasteiger partial charge in [0.2, 0.25) is 0 Å². The Balaban J connectivity index is 2.71. The van der Waals surface area contributed by atoms with Crippen LogP contribution in [0, 0.1) is 11.8 Å². The van der Waals surface area contributed by atoms with Crippen molar-refractivity contribution in [2.24, 2.45) is 11.8 Å². The maximum Gasteiger partial charge on any atom is 0.161 e. The number of rotatable bonds is 5. The molecule has 1 saturated heterocycles. The molecule has 1 fully saturated rings. The van der Waals surface area contributed by atoms with Gasteiger partial charge in [0.1, 0.15) is 5.78 Å². The second kappa shape index (κ2) is 7.14. The van der Waals surface area contributed by atoms with Gasteiger partial charge in [-0.1, -0.05) is 20.2 Å². The van der Waals surface area contributed by atoms with Gasteiger partial charge in [0.15, 0.2) is 11.5 Å². The van der Waals surface area contributed by atoms with Gasteiger partial charge in [-0.15, -0.1) is 0 Å². The molecule has 2 heterocycles. The van der Waals surface area contributed by atoms with Crippen molar-refractivity contribution >= 4 is 5.78 Å². The molecule has 3 unspecified atom stereocenters. The lowest BCUT2D eigenvalue weighted by Gasteiger charge is -2.43. The Morgan fingerprint density at radius 2 is 2.33 bits per heavy atom. The van der Waals surface area contributed by atoms with Gasteiger partial charge in [0.25, 0.3) is 0 Å². The number of benzene rings is 1. The van der Waals surface area contributed by atoms with Crippen LogP contribution in [0.3, 0.4) is 0 Å². The highest BCUT2D eigenvalue weighted by molar-refractivity contribution is 5.83. The molecular weight excluding hydrogens is 302 g/mol. The predicted molar refractivity (Wildman–Crippen MR) is 94.8 cm³/mol. The van der Waals surface area contributed by atoms with Crippen molar-refractivity contribution < 1.29 is 48.5 Å². The molecule has 3 atom stereocenters. The van der Waals surface area contributed by atoms with Gasteiger partial charge in [-0.05, 0) is 41.9 Å². The number of piperidine rings is 1. The summed E-state index contributed by atoms with van der Waals surface area (Å²) >= 11 is 0. The van der Waals surface area contributed by atoms with Crippen molar-refractivity contribution in [2.75, 3.05) is 27.1 Å². The maximum absolute atomic E-state index is 14.2. The number of ketones is 1. The number of hydrogen-bond acceptors (Lipinski definition) is 4. The second-order valence-corrected chi connectivity index (χ2v) is 4.51. The zero-order chi connectivity index (χ0) is 39.1. The minimum Gasteiger partial charge on any atom is -0.493 e. The van der Waals surface area contributed by atoms with E-state index in [0.717, 1.165) is 0 Å². The van der Waals surface area contributed by atoms with Crippen LogP contribution in [0.2, 0.25) is 0 Å². The molecule has 0 N–H and O–H groups in total. The summed E-state index contributed by atoms with van der Waals surface area (Å²) in [6.07, 6.45) is -16.4. The lowest BCUT2D eigenvalue weighted by Crippen LogP contribution is -2.46. The fraction of sp³-hybridized carbons (Fsp3) is 0.650. The fourth-order valence-electron chi connectivity index (χ4n) is 1.98. The summed E-state index contributed by atoms with van der Waals surface area (Å²) in [5.41, 5.74) is -3.31. The molecule has 24 heavy (non-hydrogen) atoms. The molecule has 0 spiro atoms. The third-order valence-electron chi connectivity index (χ3n) is 3.10. The molecule has 1 aromatic rings. The lowest BCUT2D eigenvalue weighted by atomic mass is 9.79. The first-order valence-corrected chi connectivity index (χ1v) is 6.48. The Bertz CT molecular complexity index is 1540. The monoisotopic (exact) mass is 356 g/mol. The van der Waals surface area contributed by atoms with E-state index in [1.54, 1.807) is 0 Å². The van der Waals surface area contributed by atoms with E-state index in [-0.39, 0.29) is 0 Å². The molecule has 0 saturated carbocycles. The van der Waals surface area contributed by atoms with Crippen LogP contribution >= 0.6 is 0 Å². The zero-order valence-corrected chi connectivity index (χ0v) is 12.2. The van der Waals surface area contributed by atoms with E-state index in [9.17, 15) is 6.17 Å². The van der Waals surface area contributed by atoms with E-state index < -0.39 is 123 Å². The minimum atomic E-state index is -4.64. The summed E-state index contributed by atoms with van der Waals surface area (Å²) in [4.78, 5) is 13.4. The first-order valence-electron chi connectivity index (χ1n) is 19.1. The average Bonchev–Trinajstić information content (AvgIpc) is 2.86. The van der Waals surface area contributed by atoms with Crippen LogP contribution in [0.4, 0.5) is 0 Å². The number of nitrogens with zero attached hydrogens (tertiary/aromatic N) is 1. The van der Waals surface area contributed by atoms with E-state index in [1.165, 1.54) is 0 Å². The van der Waals surface area contributed by atoms with E-state index >= 15 is 0 Å². The smallest absolute Gasteiger partial charge is 0.161 e. The Morgan fingerprint density at radius 3 is 3.04 bits per heavy atom. The summed E-state index contributed by atoms with van der Waals surface area (Å²) in [5.74, 6) is -14.4. The number of carbonyl (C=O) groups excluding carboxylic acids is 1. The van der Waals surface area contributed by atoms with Gasteiger partial charge in [-0.25, -0.2) is 0 Å². The molecule has 2 aliphatic rings. The summed E-state index contributed by atoms with van der Waals surface area (Å²) in [7, 11) is -7.25. The average molecular weight is 357 g/mol. The van der Waals surface area contributed by atoms with Crippen molar-refractivity contribution in [3.05, 3.63) is 23.2 Å². The van der Waals surface area contributed by atoms with Crippen LogP contribution in [0.5, 0.6) is 11.5 Å². The summed E-state index contributed by atoms with van der Waals surface area (Å²) in [5, 5.41) is 0. The van der Waals surface area contributed by atoms with Gasteiger partial charge in [0, 0.05) is 53.2 Å². The largest absolute Gasteiger partial charge is 0.493 e. The van der Waals surface area contributed by atoms with Crippen LogP contribution < -0.4 is 9.47 Å². The predicted octanol–water partition coefficient (Wildman–Crippen LogP) is 3.63. The highest BCUT2D eigenvalue weighted by Crippen LogP contribution is 2.42. The molecule has 132 valence electrons. The Hall–Kier alpha value is -1.55. The second-order valence-electron chi connectivity index (χ2n) is 4.51. The van der Waals surface area contributed by atoms with Crippen molar-refractivity contribution in [1.29, 1.82) is 0 Å². The summed E-state index contributed by atoms with van der Waals surface area (Å²) in [6.45, 7) is -11.5. The number of fused-ring (bicyclic) bond motifs is 3. The normalized spacial score (nSPS) is 58.4. The quantitative estimate of drug-likeness (QED) is 0.807. The van der Waals surface area contributed by atoms with E-state index in [2.05, 4.69) is 9.47 Å². The molecule has 0 radical (unpaired) electrons. The molecule has 3 rings (SSSR count). The van der Waals surface area contributed by atoms with Crippen molar-refractivity contribution in [1.82, 2.24) is 4.90 Å². The number of Topliss-reactive ketones (excluding diaryl/α,β-unsaturated/α-hetero) is 1. The van der Waals surface area contributed by atoms with Crippen molar-refractivity contribution in [3.63, 3.8) is 0 Å². The molecular formula is C20H29NO3. The summed E-state index contributed by atoms with van der Waals surface area (Å²) in [6, 6.07) is -7.60. The summed E-state index contributed by atoms with van der Waals surface area (Å²) < 4.78 is 217. The van der Waals surface area contributed by atoms with Crippen LogP contribution in [-0.4, -0.2) is 37.8 Å². The van der Waals surface area contributed by atoms with Crippen molar-refractivity contribution in [2.45, 2.75) is 45.3 Å². The van der Waals surface area contributed by atoms with E-state index in [4.69, 9.17) is 32.9 Å². The first-order chi connectivity index (χ1) is 21.2. The van der Waals surface area contributed by atoms with Crippen LogP contribution in [0.1, 0.15) is 84.3 Å². The van der Waals surface area contributed by atoms with Gasteiger partial charge >= 0.3 is 0 Å². The van der Waals surface area contributed by atoms with E-state index in [1.807, 2.05) is 0 Å². The van der Waals surface area contributed by atoms with Crippen LogP contribution in [0.15, 0.2) is 12.1 Å². The number of ether oxygens (including phenoxy) is 2. The highest BCUT2D eigenvalue weighted by atomic mass is 16.5. The number of methoxy groups -OCH3 is 2. The Labute approximate surface area is 180 Å². The molecule has 0 aromatic heterocycles. The molecule has 0 amide bonds. The lowest BCUT2D eigenvalue weighted by molar-refractivity contribution is -0.129. The third kappa shape index (κ3) is 3.16. The van der Waals surface area contributed by atoms with E-state index in [0.29, 0.717) is 6.92 Å². The van der Waals surface area contributed by atoms with Crippen molar-refractivity contribution in [3.8, 4) is 11.5 Å². The number of hydrogen-bond donors (Lipinski definition) is 0. The molecule has 4 heteroatoms. The molecule has 1 aromatic carbocycles. The Kier molecular flexibility index (Phi) is 1.26. The maximum atomic E-state index is 14.2. The number of carbonyl (C=O) groups is 1. The third-order valence-corrected chi connectivity index (χ3v) is 3.10. The Morgan fingerprint density at radius 1 is 1.54 bits per heavy atom. The SMILES string of the molecule is [2H]c1c(OC([2H])([2H])[2H])c(OC([2H])([2H])[2H])c([2H])c2c1C([2H])([2H])C([2H])([2H])N1C([2H])([2H])C([2H])(C([2H])([2H])C([2H])(C([2H])[2H])C([2H])([2H])C)C(=O)C([2H])([2H])C21[2H]. The standard InChI is InChI=1S/C20H29NO3/c1-5-13(2)8-15-12-21-7-6-14-9-19(23-3)20(24-4)10-16(14)17(21)11-18(15)22/h9-10,13,15,17H,5-8,11-12H2,1-4H3/i2D2,3D3,4D3,5D2,6D2,7D2,8D2,9D,10D,11D2,12D2,13D,15D,17D. The molecule has 0 aliphatic carbocycles. The first kappa shape index (κ1) is 4.22. The molecule has 0 bridgehead atoms. The van der Waals surface area contributed by atoms with Gasteiger partial charge < -0.3 is 9.47 Å². The van der Waals surface area contributed by atoms with Gasteiger partial charge in [0.05, 0.1) is 26.4 Å².